The van der Waals surface area contributed by atoms with Crippen molar-refractivity contribution in [1.82, 2.24) is 14.9 Å². The van der Waals surface area contributed by atoms with Gasteiger partial charge in [0.05, 0.1) is 18.6 Å². The number of hydrogen-bond acceptors (Lipinski definition) is 5. The largest absolute Gasteiger partial charge is 0.379 e. The van der Waals surface area contributed by atoms with Gasteiger partial charge >= 0.3 is 0 Å². The predicted molar refractivity (Wildman–Crippen MR) is 99.8 cm³/mol. The van der Waals surface area contributed by atoms with Gasteiger partial charge in [0.1, 0.15) is 12.1 Å². The van der Waals surface area contributed by atoms with Crippen LogP contribution in [0.1, 0.15) is 44.6 Å². The first-order valence-electron chi connectivity index (χ1n) is 9.90. The van der Waals surface area contributed by atoms with Crippen molar-refractivity contribution >= 4 is 11.7 Å². The zero-order valence-electron chi connectivity index (χ0n) is 16.0. The second-order valence-corrected chi connectivity index (χ2v) is 8.73. The Morgan fingerprint density at radius 2 is 2.12 bits per heavy atom. The first kappa shape index (κ1) is 17.7. The number of hydrogen-bond donors (Lipinski definition) is 1. The summed E-state index contributed by atoms with van der Waals surface area (Å²) in [6, 6.07) is 0. The molecule has 3 aliphatic rings. The molecule has 0 bridgehead atoms. The summed E-state index contributed by atoms with van der Waals surface area (Å²) in [7, 11) is 0. The Morgan fingerprint density at radius 3 is 2.77 bits per heavy atom. The summed E-state index contributed by atoms with van der Waals surface area (Å²) < 4.78 is 5.28. The summed E-state index contributed by atoms with van der Waals surface area (Å²) in [6.45, 7) is 8.01. The molecule has 1 aromatic heterocycles. The molecule has 3 heterocycles. The number of carbonyl (C=O) groups excluding carboxylic acids is 1. The van der Waals surface area contributed by atoms with Crippen molar-refractivity contribution < 1.29 is 9.53 Å². The average molecular weight is 358 g/mol. The van der Waals surface area contributed by atoms with Gasteiger partial charge in [0, 0.05) is 31.4 Å². The van der Waals surface area contributed by atoms with Crippen LogP contribution < -0.4 is 5.32 Å². The van der Waals surface area contributed by atoms with Crippen LogP contribution in [0.25, 0.3) is 0 Å². The van der Waals surface area contributed by atoms with Crippen LogP contribution in [-0.2, 0) is 9.53 Å². The zero-order chi connectivity index (χ0) is 18.2. The van der Waals surface area contributed by atoms with Gasteiger partial charge in [-0.25, -0.2) is 9.97 Å². The molecule has 142 valence electrons. The van der Waals surface area contributed by atoms with Crippen LogP contribution in [-0.4, -0.2) is 53.6 Å². The van der Waals surface area contributed by atoms with E-state index in [1.165, 1.54) is 19.3 Å². The topological polar surface area (TPSA) is 67.4 Å². The van der Waals surface area contributed by atoms with Crippen molar-refractivity contribution in [2.45, 2.75) is 46.0 Å². The second kappa shape index (κ2) is 6.80. The summed E-state index contributed by atoms with van der Waals surface area (Å²) in [5.41, 5.74) is 1.21. The van der Waals surface area contributed by atoms with Crippen molar-refractivity contribution in [3.8, 4) is 0 Å². The number of piperidine rings is 1. The molecule has 6 nitrogen and oxygen atoms in total. The van der Waals surface area contributed by atoms with Crippen molar-refractivity contribution in [3.63, 3.8) is 0 Å². The van der Waals surface area contributed by atoms with Gasteiger partial charge in [-0.1, -0.05) is 6.42 Å². The van der Waals surface area contributed by atoms with E-state index in [1.807, 2.05) is 20.0 Å². The van der Waals surface area contributed by atoms with Gasteiger partial charge in [-0.2, -0.15) is 0 Å². The molecule has 1 saturated carbocycles. The number of aromatic nitrogens is 2. The maximum absolute atomic E-state index is 12.8. The Kier molecular flexibility index (Phi) is 4.63. The highest BCUT2D eigenvalue weighted by molar-refractivity contribution is 5.83. The number of rotatable bonds is 4. The van der Waals surface area contributed by atoms with Crippen molar-refractivity contribution in [3.05, 3.63) is 18.1 Å². The Labute approximate surface area is 155 Å². The third kappa shape index (κ3) is 3.08. The zero-order valence-corrected chi connectivity index (χ0v) is 16.0. The normalized spacial score (nSPS) is 26.5. The molecule has 1 amide bonds. The van der Waals surface area contributed by atoms with Crippen LogP contribution in [0.3, 0.4) is 0 Å². The van der Waals surface area contributed by atoms with E-state index < -0.39 is 0 Å². The SMILES string of the molecule is Cc1cncnc1NCC1CCCC12CCN(C(=O)C1(C)COC1)CC2. The molecule has 1 N–H and O–H groups in total. The molecule has 3 fully saturated rings. The van der Waals surface area contributed by atoms with E-state index in [0.29, 0.717) is 30.5 Å². The van der Waals surface area contributed by atoms with Crippen LogP contribution in [0.2, 0.25) is 0 Å². The van der Waals surface area contributed by atoms with E-state index in [4.69, 9.17) is 4.74 Å². The van der Waals surface area contributed by atoms with Gasteiger partial charge in [0.2, 0.25) is 5.91 Å². The molecule has 1 aromatic rings. The number of nitrogens with zero attached hydrogens (tertiary/aromatic N) is 3. The van der Waals surface area contributed by atoms with E-state index in [9.17, 15) is 4.79 Å². The monoisotopic (exact) mass is 358 g/mol. The summed E-state index contributed by atoms with van der Waals surface area (Å²) in [4.78, 5) is 23.3. The first-order valence-corrected chi connectivity index (χ1v) is 9.90. The molecule has 2 aliphatic heterocycles. The Hall–Kier alpha value is -1.69. The number of nitrogens with one attached hydrogen (secondary N) is 1. The van der Waals surface area contributed by atoms with E-state index in [-0.39, 0.29) is 5.41 Å². The standard InChI is InChI=1S/C20H30N4O2/c1-15-10-21-14-23-17(15)22-11-16-4-3-5-20(16)6-8-24(9-7-20)18(25)19(2)12-26-13-19/h10,14,16H,3-9,11-13H2,1-2H3,(H,21,22,23). The summed E-state index contributed by atoms with van der Waals surface area (Å²) >= 11 is 0. The van der Waals surface area contributed by atoms with Crippen LogP contribution in [0, 0.1) is 23.7 Å². The van der Waals surface area contributed by atoms with Crippen molar-refractivity contribution in [1.29, 1.82) is 0 Å². The fourth-order valence-electron chi connectivity index (χ4n) is 5.06. The number of amides is 1. The second-order valence-electron chi connectivity index (χ2n) is 8.73. The highest BCUT2D eigenvalue weighted by atomic mass is 16.5. The fourth-order valence-corrected chi connectivity index (χ4v) is 5.06. The molecule has 0 aromatic carbocycles. The lowest BCUT2D eigenvalue weighted by Crippen LogP contribution is -2.56. The van der Waals surface area contributed by atoms with E-state index in [0.717, 1.165) is 43.9 Å². The molecule has 2 saturated heterocycles. The number of carbonyl (C=O) groups is 1. The highest BCUT2D eigenvalue weighted by Gasteiger charge is 2.48. The molecule has 0 radical (unpaired) electrons. The lowest BCUT2D eigenvalue weighted by atomic mass is 9.70. The van der Waals surface area contributed by atoms with Crippen LogP contribution in [0.4, 0.5) is 5.82 Å². The summed E-state index contributed by atoms with van der Waals surface area (Å²) in [5.74, 6) is 1.91. The number of likely N-dealkylation sites (tertiary alicyclic amines) is 1. The third-order valence-electron chi connectivity index (χ3n) is 6.91. The number of anilines is 1. The van der Waals surface area contributed by atoms with Gasteiger partial charge in [-0.05, 0) is 50.9 Å². The number of aryl methyl sites for hydroxylation is 1. The highest BCUT2D eigenvalue weighted by Crippen LogP contribution is 2.51. The molecule has 6 heteroatoms. The van der Waals surface area contributed by atoms with Crippen molar-refractivity contribution in [2.75, 3.05) is 38.2 Å². The summed E-state index contributed by atoms with van der Waals surface area (Å²) in [6.07, 6.45) is 9.59. The Balaban J connectivity index is 1.36. The maximum atomic E-state index is 12.8. The molecule has 26 heavy (non-hydrogen) atoms. The van der Waals surface area contributed by atoms with Gasteiger partial charge < -0.3 is 15.0 Å². The summed E-state index contributed by atoms with van der Waals surface area (Å²) in [5, 5.41) is 3.55. The maximum Gasteiger partial charge on any atom is 0.233 e. The quantitative estimate of drug-likeness (QED) is 0.896. The molecule has 4 rings (SSSR count). The molecule has 1 atom stereocenters. The minimum absolute atomic E-state index is 0.272. The van der Waals surface area contributed by atoms with E-state index in [2.05, 4.69) is 20.2 Å². The lowest BCUT2D eigenvalue weighted by molar-refractivity contribution is -0.171. The minimum Gasteiger partial charge on any atom is -0.379 e. The predicted octanol–water partition coefficient (Wildman–Crippen LogP) is 2.64. The average Bonchev–Trinajstić information content (AvgIpc) is 3.01. The van der Waals surface area contributed by atoms with Gasteiger partial charge in [0.15, 0.2) is 0 Å². The van der Waals surface area contributed by atoms with Gasteiger partial charge in [-0.3, -0.25) is 4.79 Å². The Morgan fingerprint density at radius 1 is 1.35 bits per heavy atom. The van der Waals surface area contributed by atoms with E-state index in [1.54, 1.807) is 6.33 Å². The molecule has 1 aliphatic carbocycles. The van der Waals surface area contributed by atoms with E-state index >= 15 is 0 Å². The van der Waals surface area contributed by atoms with Crippen LogP contribution in [0.5, 0.6) is 0 Å². The molecule has 1 unspecified atom stereocenters. The smallest absolute Gasteiger partial charge is 0.233 e. The van der Waals surface area contributed by atoms with Gasteiger partial charge in [0.25, 0.3) is 0 Å². The minimum atomic E-state index is -0.272. The van der Waals surface area contributed by atoms with Crippen LogP contribution in [0.15, 0.2) is 12.5 Å². The van der Waals surface area contributed by atoms with Crippen LogP contribution >= 0.6 is 0 Å². The Bertz CT molecular complexity index is 666. The lowest BCUT2D eigenvalue weighted by Gasteiger charge is -2.47. The fraction of sp³-hybridized carbons (Fsp3) is 0.750. The third-order valence-corrected chi connectivity index (χ3v) is 6.91. The molecule has 1 spiro atoms. The van der Waals surface area contributed by atoms with Crippen molar-refractivity contribution in [2.24, 2.45) is 16.7 Å². The number of ether oxygens (including phenoxy) is 1. The molecular formula is C20H30N4O2. The van der Waals surface area contributed by atoms with Gasteiger partial charge in [-0.15, -0.1) is 0 Å². The molecular weight excluding hydrogens is 328 g/mol. The first-order chi connectivity index (χ1) is 12.5.